The van der Waals surface area contributed by atoms with Gasteiger partial charge >= 0.3 is 5.97 Å². The van der Waals surface area contributed by atoms with Crippen molar-refractivity contribution >= 4 is 5.97 Å². The van der Waals surface area contributed by atoms with Gasteiger partial charge in [0.25, 0.3) is 0 Å². The highest BCUT2D eigenvalue weighted by Crippen LogP contribution is 2.37. The third-order valence-corrected chi connectivity index (χ3v) is 2.95. The highest BCUT2D eigenvalue weighted by molar-refractivity contribution is 5.73. The molecule has 2 atom stereocenters. The van der Waals surface area contributed by atoms with Crippen LogP contribution < -0.4 is 9.47 Å². The van der Waals surface area contributed by atoms with E-state index in [1.54, 1.807) is 12.1 Å². The molecule has 0 bridgehead atoms. The Labute approximate surface area is 111 Å². The van der Waals surface area contributed by atoms with Gasteiger partial charge in [0, 0.05) is 5.56 Å². The summed E-state index contributed by atoms with van der Waals surface area (Å²) < 4.78 is 10.5. The zero-order chi connectivity index (χ0) is 14.4. The fourth-order valence-corrected chi connectivity index (χ4v) is 1.95. The first kappa shape index (κ1) is 14.9. The van der Waals surface area contributed by atoms with Crippen molar-refractivity contribution in [2.45, 2.75) is 25.3 Å². The largest absolute Gasteiger partial charge is 0.493 e. The van der Waals surface area contributed by atoms with Gasteiger partial charge in [-0.1, -0.05) is 24.2 Å². The summed E-state index contributed by atoms with van der Waals surface area (Å²) in [6.45, 7) is 1.82. The Hall–Kier alpha value is -2.11. The average Bonchev–Trinajstić information content (AvgIpc) is 2.42. The fourth-order valence-electron chi connectivity index (χ4n) is 1.95. The minimum Gasteiger partial charge on any atom is -0.493 e. The van der Waals surface area contributed by atoms with Gasteiger partial charge in [-0.3, -0.25) is 0 Å². The molecule has 1 rings (SSSR count). The van der Waals surface area contributed by atoms with Crippen molar-refractivity contribution in [3.05, 3.63) is 28.7 Å². The normalized spacial score (nSPS) is 13.4. The van der Waals surface area contributed by atoms with E-state index < -0.39 is 12.0 Å². The van der Waals surface area contributed by atoms with E-state index in [-0.39, 0.29) is 12.3 Å². The zero-order valence-electron chi connectivity index (χ0n) is 11.1. The van der Waals surface area contributed by atoms with Gasteiger partial charge in [0.15, 0.2) is 17.5 Å². The Morgan fingerprint density at radius 1 is 1.37 bits per heavy atom. The molecule has 1 N–H and O–H groups in total. The van der Waals surface area contributed by atoms with Crippen LogP contribution in [0.1, 0.15) is 24.8 Å². The van der Waals surface area contributed by atoms with Crippen molar-refractivity contribution in [2.24, 2.45) is 5.18 Å². The number of nitrogens with zero attached hydrogens (tertiary/aromatic N) is 1. The van der Waals surface area contributed by atoms with Gasteiger partial charge in [0.2, 0.25) is 0 Å². The standard InChI is InChI=1S/C13H17NO5/c1-8(7-10(14-17)13(15)16)9-5-4-6-11(18-2)12(9)19-3/h4-6,8,10H,7H2,1-3H3,(H,15,16). The second kappa shape index (κ2) is 6.72. The summed E-state index contributed by atoms with van der Waals surface area (Å²) in [6, 6.07) is 4.10. The SMILES string of the molecule is COc1cccc(C(C)CC(N=O)C(=O)O)c1OC. The van der Waals surface area contributed by atoms with Crippen LogP contribution in [0.2, 0.25) is 0 Å². The van der Waals surface area contributed by atoms with Crippen LogP contribution in [0.5, 0.6) is 11.5 Å². The topological polar surface area (TPSA) is 85.2 Å². The first-order valence-corrected chi connectivity index (χ1v) is 5.81. The molecule has 0 aliphatic heterocycles. The molecule has 104 valence electrons. The number of carbonyl (C=O) groups is 1. The maximum Gasteiger partial charge on any atom is 0.332 e. The number of ether oxygens (including phenoxy) is 2. The number of hydrogen-bond acceptors (Lipinski definition) is 5. The second-order valence-corrected chi connectivity index (χ2v) is 4.18. The smallest absolute Gasteiger partial charge is 0.332 e. The van der Waals surface area contributed by atoms with E-state index in [2.05, 4.69) is 5.18 Å². The van der Waals surface area contributed by atoms with Crippen molar-refractivity contribution in [2.75, 3.05) is 14.2 Å². The molecule has 2 unspecified atom stereocenters. The van der Waals surface area contributed by atoms with E-state index in [1.165, 1.54) is 14.2 Å². The Bertz CT molecular complexity index is 460. The molecule has 0 fully saturated rings. The van der Waals surface area contributed by atoms with Crippen molar-refractivity contribution < 1.29 is 19.4 Å². The molecule has 6 nitrogen and oxygen atoms in total. The fraction of sp³-hybridized carbons (Fsp3) is 0.462. The van der Waals surface area contributed by atoms with Gasteiger partial charge in [-0.2, -0.15) is 0 Å². The van der Waals surface area contributed by atoms with Crippen LogP contribution in [0.3, 0.4) is 0 Å². The summed E-state index contributed by atoms with van der Waals surface area (Å²) in [5, 5.41) is 11.5. The van der Waals surface area contributed by atoms with Crippen LogP contribution in [0.15, 0.2) is 23.4 Å². The Morgan fingerprint density at radius 3 is 2.53 bits per heavy atom. The molecular weight excluding hydrogens is 250 g/mol. The summed E-state index contributed by atoms with van der Waals surface area (Å²) in [6.07, 6.45) is 0.113. The quantitative estimate of drug-likeness (QED) is 0.767. The van der Waals surface area contributed by atoms with E-state index in [1.807, 2.05) is 13.0 Å². The molecule has 0 radical (unpaired) electrons. The number of benzene rings is 1. The van der Waals surface area contributed by atoms with Crippen molar-refractivity contribution in [1.82, 2.24) is 0 Å². The lowest BCUT2D eigenvalue weighted by Crippen LogP contribution is -2.19. The maximum absolute atomic E-state index is 10.8. The minimum absolute atomic E-state index is 0.113. The first-order chi connectivity index (χ1) is 9.04. The van der Waals surface area contributed by atoms with Gasteiger partial charge in [0.1, 0.15) is 0 Å². The number of carboxylic acids is 1. The van der Waals surface area contributed by atoms with E-state index in [4.69, 9.17) is 14.6 Å². The maximum atomic E-state index is 10.8. The van der Waals surface area contributed by atoms with E-state index in [0.29, 0.717) is 11.5 Å². The molecule has 0 aromatic heterocycles. The molecular formula is C13H17NO5. The number of aliphatic carboxylic acids is 1. The van der Waals surface area contributed by atoms with Crippen LogP contribution in [-0.2, 0) is 4.79 Å². The lowest BCUT2D eigenvalue weighted by Gasteiger charge is -2.18. The lowest BCUT2D eigenvalue weighted by molar-refractivity contribution is -0.138. The van der Waals surface area contributed by atoms with E-state index in [9.17, 15) is 9.70 Å². The molecule has 0 spiro atoms. The summed E-state index contributed by atoms with van der Waals surface area (Å²) in [5.74, 6) is -0.294. The van der Waals surface area contributed by atoms with Crippen molar-refractivity contribution in [3.8, 4) is 11.5 Å². The predicted octanol–water partition coefficient (Wildman–Crippen LogP) is 2.42. The Balaban J connectivity index is 3.02. The van der Waals surface area contributed by atoms with Gasteiger partial charge in [-0.25, -0.2) is 4.79 Å². The highest BCUT2D eigenvalue weighted by Gasteiger charge is 2.24. The molecule has 6 heteroatoms. The Morgan fingerprint density at radius 2 is 2.05 bits per heavy atom. The summed E-state index contributed by atoms with van der Waals surface area (Å²) in [7, 11) is 3.04. The van der Waals surface area contributed by atoms with Crippen LogP contribution in [-0.4, -0.2) is 31.3 Å². The Kier molecular flexibility index (Phi) is 5.29. The van der Waals surface area contributed by atoms with Crippen LogP contribution in [0.25, 0.3) is 0 Å². The molecule has 0 aliphatic carbocycles. The molecule has 1 aromatic carbocycles. The van der Waals surface area contributed by atoms with Crippen LogP contribution >= 0.6 is 0 Å². The number of methoxy groups -OCH3 is 2. The molecule has 0 heterocycles. The van der Waals surface area contributed by atoms with Crippen molar-refractivity contribution in [3.63, 3.8) is 0 Å². The van der Waals surface area contributed by atoms with Crippen LogP contribution in [0.4, 0.5) is 0 Å². The number of carboxylic acid groups (broad SMARTS) is 1. The number of hydrogen-bond donors (Lipinski definition) is 1. The van der Waals surface area contributed by atoms with Gasteiger partial charge in [-0.15, -0.1) is 4.91 Å². The van der Waals surface area contributed by atoms with E-state index >= 15 is 0 Å². The summed E-state index contributed by atoms with van der Waals surface area (Å²) in [5.41, 5.74) is 0.789. The number of para-hydroxylation sites is 1. The molecule has 19 heavy (non-hydrogen) atoms. The number of rotatable bonds is 7. The van der Waals surface area contributed by atoms with Crippen molar-refractivity contribution in [1.29, 1.82) is 0 Å². The summed E-state index contributed by atoms with van der Waals surface area (Å²) >= 11 is 0. The van der Waals surface area contributed by atoms with Gasteiger partial charge in [-0.05, 0) is 18.4 Å². The predicted molar refractivity (Wildman–Crippen MR) is 69.8 cm³/mol. The van der Waals surface area contributed by atoms with E-state index in [0.717, 1.165) is 5.56 Å². The summed E-state index contributed by atoms with van der Waals surface area (Å²) in [4.78, 5) is 21.3. The average molecular weight is 267 g/mol. The zero-order valence-corrected chi connectivity index (χ0v) is 11.1. The van der Waals surface area contributed by atoms with Crippen LogP contribution in [0, 0.1) is 4.91 Å². The monoisotopic (exact) mass is 267 g/mol. The minimum atomic E-state index is -1.26. The first-order valence-electron chi connectivity index (χ1n) is 5.81. The second-order valence-electron chi connectivity index (χ2n) is 4.18. The lowest BCUT2D eigenvalue weighted by atomic mass is 9.93. The van der Waals surface area contributed by atoms with Gasteiger partial charge in [0.05, 0.1) is 14.2 Å². The molecule has 0 saturated heterocycles. The molecule has 0 saturated carbocycles. The van der Waals surface area contributed by atoms with Gasteiger partial charge < -0.3 is 14.6 Å². The number of nitroso groups, excluding NO2 is 1. The third-order valence-electron chi connectivity index (χ3n) is 2.95. The molecule has 0 amide bonds. The molecule has 0 aliphatic rings. The molecule has 1 aromatic rings. The third kappa shape index (κ3) is 3.43. The highest BCUT2D eigenvalue weighted by atomic mass is 16.5.